The minimum Gasteiger partial charge on any atom is -0.375 e. The van der Waals surface area contributed by atoms with E-state index in [0.717, 1.165) is 25.9 Å². The zero-order chi connectivity index (χ0) is 8.97. The number of hydrogen-bond donors (Lipinski definition) is 0. The Morgan fingerprint density at radius 3 is 3.00 bits per heavy atom. The van der Waals surface area contributed by atoms with Crippen LogP contribution in [0.1, 0.15) is 20.3 Å². The van der Waals surface area contributed by atoms with E-state index in [-0.39, 0.29) is 6.10 Å². The average molecular weight is 171 g/mol. The van der Waals surface area contributed by atoms with Gasteiger partial charge in [0.05, 0.1) is 12.7 Å². The molecule has 0 N–H and O–H groups in total. The van der Waals surface area contributed by atoms with Crippen LogP contribution in [-0.4, -0.2) is 37.1 Å². The average Bonchev–Trinajstić information content (AvgIpc) is 2.03. The minimum atomic E-state index is 0.254. The molecule has 3 heteroatoms. The van der Waals surface area contributed by atoms with E-state index in [0.29, 0.717) is 12.5 Å². The summed E-state index contributed by atoms with van der Waals surface area (Å²) in [6.07, 6.45) is 2.21. The molecule has 0 aliphatic carbocycles. The number of hydrogen-bond acceptors (Lipinski definition) is 2. The quantitative estimate of drug-likeness (QED) is 0.590. The van der Waals surface area contributed by atoms with Crippen molar-refractivity contribution in [1.82, 2.24) is 4.90 Å². The molecule has 1 rings (SSSR count). The van der Waals surface area contributed by atoms with Crippen LogP contribution in [0.15, 0.2) is 0 Å². The van der Waals surface area contributed by atoms with Crippen LogP contribution in [0.3, 0.4) is 0 Å². The van der Waals surface area contributed by atoms with Gasteiger partial charge in [-0.25, -0.2) is 0 Å². The topological polar surface area (TPSA) is 29.5 Å². The van der Waals surface area contributed by atoms with Crippen molar-refractivity contribution in [3.8, 4) is 0 Å². The number of carbonyl (C=O) groups is 1. The fourth-order valence-corrected chi connectivity index (χ4v) is 1.51. The lowest BCUT2D eigenvalue weighted by Gasteiger charge is -2.31. The van der Waals surface area contributed by atoms with Crippen LogP contribution in [-0.2, 0) is 9.53 Å². The monoisotopic (exact) mass is 171 g/mol. The molecular weight excluding hydrogens is 154 g/mol. The standard InChI is InChI=1S/C9H17NO2/c1-8(2)5-9-6-10(7-11)3-4-12-9/h7-9H,3-6H2,1-2H3. The lowest BCUT2D eigenvalue weighted by Crippen LogP contribution is -2.42. The molecule has 1 aliphatic rings. The number of amides is 1. The molecule has 0 aromatic rings. The van der Waals surface area contributed by atoms with Crippen molar-refractivity contribution in [3.63, 3.8) is 0 Å². The third-order valence-electron chi connectivity index (χ3n) is 2.05. The van der Waals surface area contributed by atoms with Crippen molar-refractivity contribution in [2.24, 2.45) is 5.92 Å². The molecule has 0 bridgehead atoms. The van der Waals surface area contributed by atoms with Crippen molar-refractivity contribution < 1.29 is 9.53 Å². The molecule has 1 unspecified atom stereocenters. The van der Waals surface area contributed by atoms with Gasteiger partial charge in [-0.1, -0.05) is 13.8 Å². The molecular formula is C9H17NO2. The molecule has 1 fully saturated rings. The summed E-state index contributed by atoms with van der Waals surface area (Å²) in [6.45, 7) is 6.54. The highest BCUT2D eigenvalue weighted by atomic mass is 16.5. The molecule has 70 valence electrons. The van der Waals surface area contributed by atoms with Crippen LogP contribution in [0.2, 0.25) is 0 Å². The van der Waals surface area contributed by atoms with Gasteiger partial charge in [0.25, 0.3) is 0 Å². The summed E-state index contributed by atoms with van der Waals surface area (Å²) in [6, 6.07) is 0. The molecule has 0 radical (unpaired) electrons. The van der Waals surface area contributed by atoms with Gasteiger partial charge in [-0.3, -0.25) is 4.79 Å². The van der Waals surface area contributed by atoms with Crippen molar-refractivity contribution in [2.75, 3.05) is 19.7 Å². The maximum absolute atomic E-state index is 10.5. The molecule has 1 atom stereocenters. The predicted molar refractivity (Wildman–Crippen MR) is 46.8 cm³/mol. The van der Waals surface area contributed by atoms with Crippen LogP contribution in [0, 0.1) is 5.92 Å². The minimum absolute atomic E-state index is 0.254. The van der Waals surface area contributed by atoms with Gasteiger partial charge >= 0.3 is 0 Å². The number of ether oxygens (including phenoxy) is 1. The second-order valence-electron chi connectivity index (χ2n) is 3.72. The molecule has 0 aromatic heterocycles. The first kappa shape index (κ1) is 9.52. The van der Waals surface area contributed by atoms with Gasteiger partial charge in [-0.15, -0.1) is 0 Å². The van der Waals surface area contributed by atoms with Crippen LogP contribution < -0.4 is 0 Å². The van der Waals surface area contributed by atoms with E-state index in [4.69, 9.17) is 4.74 Å². The zero-order valence-corrected chi connectivity index (χ0v) is 7.82. The van der Waals surface area contributed by atoms with Gasteiger partial charge in [0, 0.05) is 13.1 Å². The van der Waals surface area contributed by atoms with E-state index in [1.165, 1.54) is 0 Å². The maximum atomic E-state index is 10.5. The Hall–Kier alpha value is -0.570. The Balaban J connectivity index is 2.30. The van der Waals surface area contributed by atoms with Gasteiger partial charge < -0.3 is 9.64 Å². The summed E-state index contributed by atoms with van der Waals surface area (Å²) in [4.78, 5) is 12.2. The van der Waals surface area contributed by atoms with Crippen molar-refractivity contribution in [1.29, 1.82) is 0 Å². The highest BCUT2D eigenvalue weighted by Gasteiger charge is 2.19. The summed E-state index contributed by atoms with van der Waals surface area (Å²) in [5.41, 5.74) is 0. The van der Waals surface area contributed by atoms with E-state index in [1.807, 2.05) is 0 Å². The molecule has 1 saturated heterocycles. The Morgan fingerprint density at radius 1 is 1.67 bits per heavy atom. The molecule has 0 saturated carbocycles. The fourth-order valence-electron chi connectivity index (χ4n) is 1.51. The summed E-state index contributed by atoms with van der Waals surface area (Å²) in [5, 5.41) is 0. The Bertz CT molecular complexity index is 147. The second-order valence-corrected chi connectivity index (χ2v) is 3.72. The SMILES string of the molecule is CC(C)CC1CN(C=O)CCO1. The van der Waals surface area contributed by atoms with Crippen LogP contribution in [0.5, 0.6) is 0 Å². The lowest BCUT2D eigenvalue weighted by atomic mass is 10.1. The van der Waals surface area contributed by atoms with E-state index < -0.39 is 0 Å². The van der Waals surface area contributed by atoms with Crippen molar-refractivity contribution in [2.45, 2.75) is 26.4 Å². The van der Waals surface area contributed by atoms with Crippen LogP contribution in [0.25, 0.3) is 0 Å². The maximum Gasteiger partial charge on any atom is 0.209 e. The highest BCUT2D eigenvalue weighted by Crippen LogP contribution is 2.12. The van der Waals surface area contributed by atoms with Gasteiger partial charge in [0.1, 0.15) is 0 Å². The largest absolute Gasteiger partial charge is 0.375 e. The normalized spacial score (nSPS) is 24.6. The Labute approximate surface area is 73.7 Å². The Morgan fingerprint density at radius 2 is 2.42 bits per heavy atom. The predicted octanol–water partition coefficient (Wildman–Crippen LogP) is 0.890. The summed E-state index contributed by atoms with van der Waals surface area (Å²) >= 11 is 0. The Kier molecular flexibility index (Phi) is 3.53. The molecule has 1 amide bonds. The van der Waals surface area contributed by atoms with E-state index >= 15 is 0 Å². The lowest BCUT2D eigenvalue weighted by molar-refractivity contribution is -0.126. The van der Waals surface area contributed by atoms with Gasteiger partial charge in [0.2, 0.25) is 6.41 Å². The molecule has 1 heterocycles. The van der Waals surface area contributed by atoms with Crippen LogP contribution in [0.4, 0.5) is 0 Å². The first-order valence-corrected chi connectivity index (χ1v) is 4.53. The highest BCUT2D eigenvalue weighted by molar-refractivity contribution is 5.47. The smallest absolute Gasteiger partial charge is 0.209 e. The first-order chi connectivity index (χ1) is 5.72. The number of rotatable bonds is 3. The van der Waals surface area contributed by atoms with Crippen molar-refractivity contribution >= 4 is 6.41 Å². The zero-order valence-electron chi connectivity index (χ0n) is 7.82. The third-order valence-corrected chi connectivity index (χ3v) is 2.05. The number of morpholine rings is 1. The fraction of sp³-hybridized carbons (Fsp3) is 0.889. The van der Waals surface area contributed by atoms with Gasteiger partial charge in [-0.05, 0) is 12.3 Å². The van der Waals surface area contributed by atoms with E-state index in [2.05, 4.69) is 13.8 Å². The molecule has 1 aliphatic heterocycles. The summed E-state index contributed by atoms with van der Waals surface area (Å²) in [5.74, 6) is 0.640. The summed E-state index contributed by atoms with van der Waals surface area (Å²) < 4.78 is 5.52. The first-order valence-electron chi connectivity index (χ1n) is 4.53. The van der Waals surface area contributed by atoms with Gasteiger partial charge in [0.15, 0.2) is 0 Å². The van der Waals surface area contributed by atoms with Crippen molar-refractivity contribution in [3.05, 3.63) is 0 Å². The molecule has 12 heavy (non-hydrogen) atoms. The summed E-state index contributed by atoms with van der Waals surface area (Å²) in [7, 11) is 0. The molecule has 3 nitrogen and oxygen atoms in total. The van der Waals surface area contributed by atoms with Crippen LogP contribution >= 0.6 is 0 Å². The molecule has 0 aromatic carbocycles. The number of nitrogens with zero attached hydrogens (tertiary/aromatic N) is 1. The third kappa shape index (κ3) is 2.81. The van der Waals surface area contributed by atoms with E-state index in [9.17, 15) is 4.79 Å². The second kappa shape index (κ2) is 4.45. The number of carbonyl (C=O) groups excluding carboxylic acids is 1. The van der Waals surface area contributed by atoms with Gasteiger partial charge in [-0.2, -0.15) is 0 Å². The molecule has 0 spiro atoms. The van der Waals surface area contributed by atoms with E-state index in [1.54, 1.807) is 4.90 Å².